The summed E-state index contributed by atoms with van der Waals surface area (Å²) in [5.74, 6) is 0. The van der Waals surface area contributed by atoms with Gasteiger partial charge in [0, 0.05) is 30.6 Å². The van der Waals surface area contributed by atoms with Crippen molar-refractivity contribution in [1.82, 2.24) is 0 Å². The second-order valence-corrected chi connectivity index (χ2v) is 7.67. The Labute approximate surface area is 139 Å². The average molecular weight is 343 g/mol. The van der Waals surface area contributed by atoms with Gasteiger partial charge in [0.1, 0.15) is 0 Å². The second kappa shape index (κ2) is 9.47. The van der Waals surface area contributed by atoms with Crippen LogP contribution in [0.3, 0.4) is 0 Å². The highest BCUT2D eigenvalue weighted by molar-refractivity contribution is 7.97. The summed E-state index contributed by atoms with van der Waals surface area (Å²) >= 11 is 4.00. The molecule has 0 amide bonds. The number of hydrogen-bond acceptors (Lipinski definition) is 4. The minimum absolute atomic E-state index is 0.238. The van der Waals surface area contributed by atoms with Gasteiger partial charge in [0.2, 0.25) is 5.12 Å². The highest BCUT2D eigenvalue weighted by atomic mass is 32.1. The maximum Gasteiger partial charge on any atom is 0.537 e. The van der Waals surface area contributed by atoms with Crippen LogP contribution in [0.4, 0.5) is 0 Å². The van der Waals surface area contributed by atoms with E-state index in [1.807, 2.05) is 32.9 Å². The molecule has 1 aromatic rings. The normalized spacial score (nSPS) is 11.7. The summed E-state index contributed by atoms with van der Waals surface area (Å²) in [6, 6.07) is 5.60. The lowest BCUT2D eigenvalue weighted by Crippen LogP contribution is -2.58. The summed E-state index contributed by atoms with van der Waals surface area (Å²) in [7, 11) is -3.02. The summed E-state index contributed by atoms with van der Waals surface area (Å²) in [6.45, 7) is 9.34. The van der Waals surface area contributed by atoms with Crippen LogP contribution in [0, 0.1) is 0 Å². The zero-order valence-corrected chi connectivity index (χ0v) is 15.7. The summed E-state index contributed by atoms with van der Waals surface area (Å²) in [5, 5.41) is 0.650. The smallest absolute Gasteiger partial charge is 0.370 e. The van der Waals surface area contributed by atoms with E-state index >= 15 is 0 Å². The lowest BCUT2D eigenvalue weighted by atomic mass is 10.0. The van der Waals surface area contributed by atoms with E-state index in [1.54, 1.807) is 6.07 Å². The van der Waals surface area contributed by atoms with Crippen LogP contribution in [0.25, 0.3) is 0 Å². The van der Waals surface area contributed by atoms with Crippen molar-refractivity contribution in [2.45, 2.75) is 40.5 Å². The van der Waals surface area contributed by atoms with E-state index in [2.05, 4.69) is 19.6 Å². The van der Waals surface area contributed by atoms with Crippen molar-refractivity contribution in [3.8, 4) is 0 Å². The lowest BCUT2D eigenvalue weighted by Gasteiger charge is -2.30. The number of thiol groups is 1. The molecule has 6 heteroatoms. The molecule has 0 fully saturated rings. The van der Waals surface area contributed by atoms with Gasteiger partial charge in [0.05, 0.1) is 0 Å². The Morgan fingerprint density at radius 3 is 2.00 bits per heavy atom. The molecule has 0 unspecified atom stereocenters. The number of benzene rings is 1. The van der Waals surface area contributed by atoms with E-state index in [9.17, 15) is 4.79 Å². The standard InChI is InChI=1S/C16H26O4SSi/c1-5-10-13-14(16(17)21)11-9-12-15(13)22(18-6-2,19-7-3)20-8-4/h9,11-12H,5-8,10H2,1-4H3,(H,17,21). The van der Waals surface area contributed by atoms with Gasteiger partial charge in [-0.05, 0) is 32.8 Å². The molecular weight excluding hydrogens is 316 g/mol. The van der Waals surface area contributed by atoms with E-state index in [0.717, 1.165) is 23.6 Å². The molecule has 0 atom stereocenters. The number of rotatable bonds is 10. The molecule has 0 saturated heterocycles. The molecule has 0 heterocycles. The van der Waals surface area contributed by atoms with Crippen LogP contribution in [0.1, 0.15) is 50.0 Å². The van der Waals surface area contributed by atoms with Gasteiger partial charge in [-0.25, -0.2) is 0 Å². The van der Waals surface area contributed by atoms with Crippen LogP contribution in [0.15, 0.2) is 18.2 Å². The van der Waals surface area contributed by atoms with Crippen molar-refractivity contribution in [2.24, 2.45) is 0 Å². The Kier molecular flexibility index (Phi) is 8.34. The molecule has 0 aromatic heterocycles. The van der Waals surface area contributed by atoms with E-state index < -0.39 is 8.80 Å². The first-order valence-corrected chi connectivity index (χ1v) is 10.0. The van der Waals surface area contributed by atoms with Gasteiger partial charge < -0.3 is 13.3 Å². The summed E-state index contributed by atoms with van der Waals surface area (Å²) < 4.78 is 17.9. The van der Waals surface area contributed by atoms with Crippen molar-refractivity contribution < 1.29 is 18.1 Å². The number of carbonyl (C=O) groups is 1. The van der Waals surface area contributed by atoms with Gasteiger partial charge in [-0.2, -0.15) is 0 Å². The minimum Gasteiger partial charge on any atom is -0.370 e. The van der Waals surface area contributed by atoms with Crippen molar-refractivity contribution in [3.05, 3.63) is 29.3 Å². The van der Waals surface area contributed by atoms with Gasteiger partial charge in [-0.15, -0.1) is 12.6 Å². The maximum atomic E-state index is 11.9. The van der Waals surface area contributed by atoms with E-state index in [-0.39, 0.29) is 5.12 Å². The molecule has 124 valence electrons. The fourth-order valence-electron chi connectivity index (χ4n) is 2.52. The molecule has 0 spiro atoms. The Balaban J connectivity index is 3.51. The molecule has 0 aliphatic rings. The molecular formula is C16H26O4SSi. The molecule has 1 rings (SSSR count). The Bertz CT molecular complexity index is 476. The first-order valence-electron chi connectivity index (χ1n) is 7.83. The zero-order valence-electron chi connectivity index (χ0n) is 13.8. The number of hydrogen-bond donors (Lipinski definition) is 1. The Hall–Kier alpha value is -0.663. The van der Waals surface area contributed by atoms with Crippen molar-refractivity contribution >= 4 is 31.7 Å². The second-order valence-electron chi connectivity index (χ2n) is 4.74. The summed E-state index contributed by atoms with van der Waals surface area (Å²) in [6.07, 6.45) is 1.68. The lowest BCUT2D eigenvalue weighted by molar-refractivity contribution is 0.0857. The SMILES string of the molecule is CCCc1c(C(=O)S)cccc1[Si](OCC)(OCC)OCC. The summed E-state index contributed by atoms with van der Waals surface area (Å²) in [5.41, 5.74) is 1.55. The molecule has 1 aromatic carbocycles. The van der Waals surface area contributed by atoms with Crippen LogP contribution < -0.4 is 5.19 Å². The van der Waals surface area contributed by atoms with Crippen LogP contribution in [-0.4, -0.2) is 33.7 Å². The van der Waals surface area contributed by atoms with E-state index in [4.69, 9.17) is 13.3 Å². The van der Waals surface area contributed by atoms with Gasteiger partial charge >= 0.3 is 8.80 Å². The van der Waals surface area contributed by atoms with Crippen LogP contribution >= 0.6 is 12.6 Å². The Morgan fingerprint density at radius 1 is 1.05 bits per heavy atom. The molecule has 0 bridgehead atoms. The predicted molar refractivity (Wildman–Crippen MR) is 94.0 cm³/mol. The van der Waals surface area contributed by atoms with Gasteiger partial charge in [0.25, 0.3) is 0 Å². The van der Waals surface area contributed by atoms with E-state index in [1.165, 1.54) is 0 Å². The van der Waals surface area contributed by atoms with Crippen molar-refractivity contribution in [3.63, 3.8) is 0 Å². The third-order valence-corrected chi connectivity index (χ3v) is 6.61. The van der Waals surface area contributed by atoms with Crippen molar-refractivity contribution in [2.75, 3.05) is 19.8 Å². The fraction of sp³-hybridized carbons (Fsp3) is 0.562. The Morgan fingerprint density at radius 2 is 1.59 bits per heavy atom. The maximum absolute atomic E-state index is 11.9. The largest absolute Gasteiger partial charge is 0.537 e. The molecule has 0 N–H and O–H groups in total. The average Bonchev–Trinajstić information content (AvgIpc) is 2.48. The molecule has 0 saturated carbocycles. The van der Waals surface area contributed by atoms with Crippen LogP contribution in [-0.2, 0) is 19.7 Å². The topological polar surface area (TPSA) is 44.8 Å². The minimum atomic E-state index is -3.02. The molecule has 0 aliphatic heterocycles. The monoisotopic (exact) mass is 342 g/mol. The molecule has 0 aliphatic carbocycles. The number of carbonyl (C=O) groups excluding carboxylic acids is 1. The highest BCUT2D eigenvalue weighted by Crippen LogP contribution is 2.19. The highest BCUT2D eigenvalue weighted by Gasteiger charge is 2.45. The summed E-state index contributed by atoms with van der Waals surface area (Å²) in [4.78, 5) is 11.9. The molecule has 4 nitrogen and oxygen atoms in total. The van der Waals surface area contributed by atoms with Crippen LogP contribution in [0.5, 0.6) is 0 Å². The zero-order chi connectivity index (χ0) is 16.6. The fourth-order valence-corrected chi connectivity index (χ4v) is 5.52. The van der Waals surface area contributed by atoms with Gasteiger partial charge in [0.15, 0.2) is 0 Å². The van der Waals surface area contributed by atoms with E-state index in [0.29, 0.717) is 25.4 Å². The first kappa shape index (κ1) is 19.4. The quantitative estimate of drug-likeness (QED) is 0.524. The van der Waals surface area contributed by atoms with Gasteiger partial charge in [-0.1, -0.05) is 31.5 Å². The molecule has 22 heavy (non-hydrogen) atoms. The van der Waals surface area contributed by atoms with Gasteiger partial charge in [-0.3, -0.25) is 4.79 Å². The first-order chi connectivity index (χ1) is 10.6. The third kappa shape index (κ3) is 4.42. The molecule has 0 radical (unpaired) electrons. The van der Waals surface area contributed by atoms with Crippen LogP contribution in [0.2, 0.25) is 0 Å². The third-order valence-electron chi connectivity index (χ3n) is 3.24. The van der Waals surface area contributed by atoms with Crippen molar-refractivity contribution in [1.29, 1.82) is 0 Å². The predicted octanol–water partition coefficient (Wildman–Crippen LogP) is 2.96.